The van der Waals surface area contributed by atoms with Crippen molar-refractivity contribution in [2.45, 2.75) is 0 Å². The van der Waals surface area contributed by atoms with Crippen LogP contribution in [-0.4, -0.2) is 16.1 Å². The molecule has 0 aromatic carbocycles. The summed E-state index contributed by atoms with van der Waals surface area (Å²) in [4.78, 5) is 13.9. The largest absolute Gasteiger partial charge is 0.478 e. The third kappa shape index (κ3) is 2.76. The van der Waals surface area contributed by atoms with Gasteiger partial charge in [0.2, 0.25) is 0 Å². The molecule has 0 radical (unpaired) electrons. The van der Waals surface area contributed by atoms with Crippen molar-refractivity contribution in [1.29, 1.82) is 0 Å². The fourth-order valence-electron chi connectivity index (χ4n) is 0.763. The summed E-state index contributed by atoms with van der Waals surface area (Å²) in [5, 5.41) is 8.63. The molecule has 4 nitrogen and oxygen atoms in total. The maximum absolute atomic E-state index is 10.2. The summed E-state index contributed by atoms with van der Waals surface area (Å²) in [6, 6.07) is 3.14. The number of nitrogens with zero attached hydrogens (tertiary/aromatic N) is 1. The van der Waals surface area contributed by atoms with Gasteiger partial charge in [0.05, 0.1) is 0 Å². The molecule has 1 aromatic rings. The zero-order valence-electron chi connectivity index (χ0n) is 6.57. The number of carboxylic acid groups (broad SMARTS) is 1. The molecule has 5 heteroatoms. The fraction of sp³-hybridized carbons (Fsp3) is 0. The number of rotatable bonds is 2. The second-order valence-corrected chi connectivity index (χ2v) is 2.67. The molecule has 0 amide bonds. The van der Waals surface area contributed by atoms with Gasteiger partial charge in [-0.2, -0.15) is 0 Å². The summed E-state index contributed by atoms with van der Waals surface area (Å²) >= 11 is 5.55. The third-order valence-electron chi connectivity index (χ3n) is 1.33. The Kier molecular flexibility index (Phi) is 2.87. The first-order valence-electron chi connectivity index (χ1n) is 3.42. The number of halogens is 1. The third-order valence-corrected chi connectivity index (χ3v) is 1.54. The molecule has 68 valence electrons. The van der Waals surface area contributed by atoms with E-state index >= 15 is 0 Å². The molecule has 1 aromatic heterocycles. The van der Waals surface area contributed by atoms with Crippen LogP contribution in [-0.2, 0) is 4.79 Å². The van der Waals surface area contributed by atoms with Crippen LogP contribution in [0, 0.1) is 0 Å². The van der Waals surface area contributed by atoms with Crippen molar-refractivity contribution in [3.63, 3.8) is 0 Å². The minimum atomic E-state index is -1.03. The quantitative estimate of drug-likeness (QED) is 0.557. The van der Waals surface area contributed by atoms with Gasteiger partial charge in [0.15, 0.2) is 0 Å². The van der Waals surface area contributed by atoms with Crippen LogP contribution in [0.2, 0.25) is 5.15 Å². The molecular weight excluding hydrogens is 192 g/mol. The van der Waals surface area contributed by atoms with Gasteiger partial charge >= 0.3 is 5.97 Å². The SMILES string of the molecule is Nc1nc(Cl)ccc1/C=C/C(=O)O. The predicted molar refractivity (Wildman–Crippen MR) is 50.3 cm³/mol. The molecule has 0 aliphatic rings. The zero-order valence-corrected chi connectivity index (χ0v) is 7.32. The Morgan fingerprint density at radius 2 is 2.31 bits per heavy atom. The number of hydrogen-bond acceptors (Lipinski definition) is 3. The molecule has 0 atom stereocenters. The van der Waals surface area contributed by atoms with Crippen LogP contribution in [0.25, 0.3) is 6.08 Å². The molecule has 0 saturated heterocycles. The van der Waals surface area contributed by atoms with Crippen LogP contribution in [0.3, 0.4) is 0 Å². The van der Waals surface area contributed by atoms with Crippen molar-refractivity contribution in [3.8, 4) is 0 Å². The normalized spacial score (nSPS) is 10.5. The Labute approximate surface area is 79.7 Å². The van der Waals surface area contributed by atoms with Gasteiger partial charge in [-0.15, -0.1) is 0 Å². The lowest BCUT2D eigenvalue weighted by atomic mass is 10.2. The summed E-state index contributed by atoms with van der Waals surface area (Å²) in [5.74, 6) is -0.820. The maximum atomic E-state index is 10.2. The van der Waals surface area contributed by atoms with E-state index < -0.39 is 5.97 Å². The van der Waals surface area contributed by atoms with Gasteiger partial charge in [-0.05, 0) is 18.2 Å². The van der Waals surface area contributed by atoms with E-state index in [1.807, 2.05) is 0 Å². The summed E-state index contributed by atoms with van der Waals surface area (Å²) in [6.07, 6.45) is 2.35. The topological polar surface area (TPSA) is 76.2 Å². The van der Waals surface area contributed by atoms with Gasteiger partial charge in [0, 0.05) is 11.6 Å². The highest BCUT2D eigenvalue weighted by Crippen LogP contribution is 2.14. The predicted octanol–water partition coefficient (Wildman–Crippen LogP) is 1.42. The molecule has 1 rings (SSSR count). The summed E-state index contributed by atoms with van der Waals surface area (Å²) in [6.45, 7) is 0. The number of nitrogens with two attached hydrogens (primary N) is 1. The van der Waals surface area contributed by atoms with Crippen LogP contribution < -0.4 is 5.73 Å². The Morgan fingerprint density at radius 1 is 1.62 bits per heavy atom. The fourth-order valence-corrected chi connectivity index (χ4v) is 0.917. The summed E-state index contributed by atoms with van der Waals surface area (Å²) in [7, 11) is 0. The van der Waals surface area contributed by atoms with Crippen molar-refractivity contribution in [2.75, 3.05) is 5.73 Å². The van der Waals surface area contributed by atoms with Gasteiger partial charge in [-0.25, -0.2) is 9.78 Å². The second-order valence-electron chi connectivity index (χ2n) is 2.28. The molecule has 0 bridgehead atoms. The zero-order chi connectivity index (χ0) is 9.84. The second kappa shape index (κ2) is 3.91. The van der Waals surface area contributed by atoms with Gasteiger partial charge in [-0.3, -0.25) is 0 Å². The lowest BCUT2D eigenvalue weighted by Gasteiger charge is -1.98. The number of hydrogen-bond donors (Lipinski definition) is 2. The molecule has 0 unspecified atom stereocenters. The Morgan fingerprint density at radius 3 is 2.85 bits per heavy atom. The average molecular weight is 199 g/mol. The van der Waals surface area contributed by atoms with Crippen LogP contribution >= 0.6 is 11.6 Å². The monoisotopic (exact) mass is 198 g/mol. The van der Waals surface area contributed by atoms with Gasteiger partial charge in [-0.1, -0.05) is 11.6 Å². The molecule has 0 fully saturated rings. The molecule has 0 saturated carbocycles. The average Bonchev–Trinajstić information content (AvgIpc) is 2.02. The highest BCUT2D eigenvalue weighted by atomic mass is 35.5. The molecule has 1 heterocycles. The number of carbonyl (C=O) groups is 1. The van der Waals surface area contributed by atoms with E-state index in [0.29, 0.717) is 5.56 Å². The number of aromatic nitrogens is 1. The Balaban J connectivity index is 2.96. The number of pyridine rings is 1. The van der Waals surface area contributed by atoms with E-state index in [2.05, 4.69) is 4.98 Å². The molecule has 13 heavy (non-hydrogen) atoms. The highest BCUT2D eigenvalue weighted by molar-refractivity contribution is 6.29. The summed E-state index contributed by atoms with van der Waals surface area (Å²) < 4.78 is 0. The van der Waals surface area contributed by atoms with Crippen molar-refractivity contribution >= 4 is 29.5 Å². The van der Waals surface area contributed by atoms with Gasteiger partial charge in [0.1, 0.15) is 11.0 Å². The first-order chi connectivity index (χ1) is 6.09. The van der Waals surface area contributed by atoms with Crippen molar-refractivity contribution < 1.29 is 9.90 Å². The first kappa shape index (κ1) is 9.54. The van der Waals surface area contributed by atoms with Crippen molar-refractivity contribution in [1.82, 2.24) is 4.98 Å². The minimum absolute atomic E-state index is 0.213. The van der Waals surface area contributed by atoms with Crippen molar-refractivity contribution in [2.24, 2.45) is 0 Å². The van der Waals surface area contributed by atoms with Gasteiger partial charge < -0.3 is 10.8 Å². The number of nitrogen functional groups attached to an aromatic ring is 1. The minimum Gasteiger partial charge on any atom is -0.478 e. The lowest BCUT2D eigenvalue weighted by Crippen LogP contribution is -1.94. The first-order valence-corrected chi connectivity index (χ1v) is 3.80. The van der Waals surface area contributed by atoms with Crippen LogP contribution in [0.1, 0.15) is 5.56 Å². The molecule has 0 aliphatic carbocycles. The van der Waals surface area contributed by atoms with Gasteiger partial charge in [0.25, 0.3) is 0 Å². The van der Waals surface area contributed by atoms with E-state index in [4.69, 9.17) is 22.4 Å². The van der Waals surface area contributed by atoms with E-state index in [1.54, 1.807) is 12.1 Å². The highest BCUT2D eigenvalue weighted by Gasteiger charge is 1.97. The van der Waals surface area contributed by atoms with Crippen molar-refractivity contribution in [3.05, 3.63) is 28.9 Å². The van der Waals surface area contributed by atoms with Crippen LogP contribution in [0.4, 0.5) is 5.82 Å². The van der Waals surface area contributed by atoms with E-state index in [-0.39, 0.29) is 11.0 Å². The number of anilines is 1. The maximum Gasteiger partial charge on any atom is 0.328 e. The van der Waals surface area contributed by atoms with Crippen LogP contribution in [0.5, 0.6) is 0 Å². The molecular formula is C8H7ClN2O2. The molecule has 0 spiro atoms. The standard InChI is InChI=1S/C8H7ClN2O2/c9-6-3-1-5(8(10)11-6)2-4-7(12)13/h1-4H,(H2,10,11)(H,12,13)/b4-2+. The van der Waals surface area contributed by atoms with E-state index in [0.717, 1.165) is 6.08 Å². The Hall–Kier alpha value is -1.55. The molecule has 0 aliphatic heterocycles. The molecule has 3 N–H and O–H groups in total. The number of carboxylic acids is 1. The number of aliphatic carboxylic acids is 1. The Bertz CT molecular complexity index is 363. The van der Waals surface area contributed by atoms with Crippen LogP contribution in [0.15, 0.2) is 18.2 Å². The summed E-state index contributed by atoms with van der Waals surface area (Å²) in [5.41, 5.74) is 6.00. The van der Waals surface area contributed by atoms with E-state index in [1.165, 1.54) is 6.08 Å². The van der Waals surface area contributed by atoms with E-state index in [9.17, 15) is 4.79 Å². The smallest absolute Gasteiger partial charge is 0.328 e. The lowest BCUT2D eigenvalue weighted by molar-refractivity contribution is -0.131.